The number of rotatable bonds is 3. The lowest BCUT2D eigenvalue weighted by Crippen LogP contribution is -2.16. The minimum Gasteiger partial charge on any atom is -0.493 e. The number of benzene rings is 1. The third-order valence-electron chi connectivity index (χ3n) is 2.75. The average Bonchev–Trinajstić information content (AvgIpc) is 3.12. The molecule has 86 valence electrons. The van der Waals surface area contributed by atoms with Crippen LogP contribution < -0.4 is 14.2 Å². The Balaban J connectivity index is 1.94. The summed E-state index contributed by atoms with van der Waals surface area (Å²) in [5.41, 5.74) is 1.17. The highest BCUT2D eigenvalue weighted by atomic mass is 16.6. The van der Waals surface area contributed by atoms with Gasteiger partial charge in [0.1, 0.15) is 13.2 Å². The van der Waals surface area contributed by atoms with Crippen LogP contribution in [-0.4, -0.2) is 33.0 Å². The molecule has 2 aliphatic rings. The van der Waals surface area contributed by atoms with Crippen LogP contribution in [0.25, 0.3) is 0 Å². The van der Waals surface area contributed by atoms with Gasteiger partial charge in [-0.3, -0.25) is 0 Å². The van der Waals surface area contributed by atoms with Gasteiger partial charge in [-0.05, 0) is 17.7 Å². The second kappa shape index (κ2) is 3.87. The summed E-state index contributed by atoms with van der Waals surface area (Å²) < 4.78 is 21.6. The monoisotopic (exact) mass is 222 g/mol. The summed E-state index contributed by atoms with van der Waals surface area (Å²) in [5.74, 6) is 2.24. The Hall–Kier alpha value is -1.42. The van der Waals surface area contributed by atoms with Crippen LogP contribution in [0.2, 0.25) is 0 Å². The molecule has 4 nitrogen and oxygen atoms in total. The topological polar surface area (TPSA) is 40.2 Å². The zero-order chi connectivity index (χ0) is 11.0. The summed E-state index contributed by atoms with van der Waals surface area (Å²) >= 11 is 0. The average molecular weight is 222 g/mol. The first-order valence-corrected chi connectivity index (χ1v) is 5.45. The number of hydrogen-bond acceptors (Lipinski definition) is 4. The molecule has 0 aromatic heterocycles. The van der Waals surface area contributed by atoms with Crippen molar-refractivity contribution >= 4 is 0 Å². The maximum atomic E-state index is 5.56. The number of hydrogen-bond donors (Lipinski definition) is 0. The van der Waals surface area contributed by atoms with Crippen molar-refractivity contribution in [2.24, 2.45) is 0 Å². The molecule has 0 bridgehead atoms. The maximum Gasteiger partial charge on any atom is 0.203 e. The lowest BCUT2D eigenvalue weighted by atomic mass is 10.1. The number of ether oxygens (including phenoxy) is 4. The lowest BCUT2D eigenvalue weighted by Gasteiger charge is -2.21. The molecule has 0 aliphatic carbocycles. The smallest absolute Gasteiger partial charge is 0.203 e. The molecule has 2 aliphatic heterocycles. The van der Waals surface area contributed by atoms with Crippen LogP contribution >= 0.6 is 0 Å². The quantitative estimate of drug-likeness (QED) is 0.725. The Bertz CT molecular complexity index is 381. The molecule has 1 aromatic rings. The van der Waals surface area contributed by atoms with Crippen LogP contribution in [-0.2, 0) is 11.2 Å². The fraction of sp³-hybridized carbons (Fsp3) is 0.500. The minimum absolute atomic E-state index is 0.368. The summed E-state index contributed by atoms with van der Waals surface area (Å²) in [4.78, 5) is 0. The molecule has 0 amide bonds. The van der Waals surface area contributed by atoms with Crippen LogP contribution in [0.4, 0.5) is 0 Å². The summed E-state index contributed by atoms with van der Waals surface area (Å²) in [6.45, 7) is 2.03. The highest BCUT2D eigenvalue weighted by molar-refractivity contribution is 5.54. The van der Waals surface area contributed by atoms with Gasteiger partial charge in [0.2, 0.25) is 5.75 Å². The molecule has 2 heterocycles. The van der Waals surface area contributed by atoms with Gasteiger partial charge < -0.3 is 18.9 Å². The van der Waals surface area contributed by atoms with Crippen LogP contribution in [0.3, 0.4) is 0 Å². The lowest BCUT2D eigenvalue weighted by molar-refractivity contribution is 0.165. The highest BCUT2D eigenvalue weighted by Crippen LogP contribution is 2.40. The second-order valence-electron chi connectivity index (χ2n) is 3.98. The normalized spacial score (nSPS) is 21.7. The van der Waals surface area contributed by atoms with E-state index in [1.54, 1.807) is 7.11 Å². The van der Waals surface area contributed by atoms with Crippen molar-refractivity contribution in [3.05, 3.63) is 17.7 Å². The van der Waals surface area contributed by atoms with Gasteiger partial charge in [0.05, 0.1) is 19.8 Å². The largest absolute Gasteiger partial charge is 0.493 e. The van der Waals surface area contributed by atoms with Crippen LogP contribution in [0.5, 0.6) is 17.2 Å². The molecule has 0 radical (unpaired) electrons. The van der Waals surface area contributed by atoms with Gasteiger partial charge in [0, 0.05) is 6.42 Å². The first-order chi connectivity index (χ1) is 7.86. The van der Waals surface area contributed by atoms with E-state index in [-0.39, 0.29) is 0 Å². The van der Waals surface area contributed by atoms with Gasteiger partial charge >= 0.3 is 0 Å². The summed E-state index contributed by atoms with van der Waals surface area (Å²) in [6, 6.07) is 4.01. The Morgan fingerprint density at radius 1 is 1.31 bits per heavy atom. The Morgan fingerprint density at radius 2 is 2.12 bits per heavy atom. The van der Waals surface area contributed by atoms with Gasteiger partial charge in [-0.2, -0.15) is 0 Å². The van der Waals surface area contributed by atoms with E-state index in [4.69, 9.17) is 18.9 Å². The molecule has 1 atom stereocenters. The van der Waals surface area contributed by atoms with Gasteiger partial charge in [-0.25, -0.2) is 0 Å². The molecule has 0 N–H and O–H groups in total. The Morgan fingerprint density at radius 3 is 2.88 bits per heavy atom. The molecule has 1 saturated heterocycles. The molecule has 1 fully saturated rings. The zero-order valence-corrected chi connectivity index (χ0v) is 9.19. The van der Waals surface area contributed by atoms with Crippen LogP contribution in [0.1, 0.15) is 5.56 Å². The molecule has 16 heavy (non-hydrogen) atoms. The zero-order valence-electron chi connectivity index (χ0n) is 9.19. The molecule has 1 aromatic carbocycles. The minimum atomic E-state index is 0.368. The van der Waals surface area contributed by atoms with Crippen LogP contribution in [0, 0.1) is 0 Å². The van der Waals surface area contributed by atoms with E-state index < -0.39 is 0 Å². The predicted octanol–water partition coefficient (Wildman–Crippen LogP) is 1.41. The van der Waals surface area contributed by atoms with E-state index in [0.29, 0.717) is 25.1 Å². The van der Waals surface area contributed by atoms with E-state index in [1.807, 2.05) is 12.1 Å². The molecule has 3 rings (SSSR count). The van der Waals surface area contributed by atoms with E-state index in [2.05, 4.69) is 0 Å². The van der Waals surface area contributed by atoms with E-state index in [9.17, 15) is 0 Å². The highest BCUT2D eigenvalue weighted by Gasteiger charge is 2.25. The summed E-state index contributed by atoms with van der Waals surface area (Å²) in [5, 5.41) is 0. The van der Waals surface area contributed by atoms with Crippen molar-refractivity contribution in [3.8, 4) is 17.2 Å². The number of epoxide rings is 1. The molecule has 1 unspecified atom stereocenters. The second-order valence-corrected chi connectivity index (χ2v) is 3.98. The van der Waals surface area contributed by atoms with Gasteiger partial charge in [-0.1, -0.05) is 0 Å². The predicted molar refractivity (Wildman–Crippen MR) is 57.4 cm³/mol. The summed E-state index contributed by atoms with van der Waals surface area (Å²) in [7, 11) is 1.64. The van der Waals surface area contributed by atoms with Gasteiger partial charge in [0.25, 0.3) is 0 Å². The fourth-order valence-corrected chi connectivity index (χ4v) is 1.89. The van der Waals surface area contributed by atoms with Gasteiger partial charge in [0.15, 0.2) is 11.5 Å². The molecular formula is C12H14O4. The summed E-state index contributed by atoms with van der Waals surface area (Å²) in [6.07, 6.45) is 1.28. The van der Waals surface area contributed by atoms with Crippen molar-refractivity contribution in [1.82, 2.24) is 0 Å². The van der Waals surface area contributed by atoms with Crippen molar-refractivity contribution in [1.29, 1.82) is 0 Å². The van der Waals surface area contributed by atoms with Crippen molar-refractivity contribution in [2.75, 3.05) is 26.9 Å². The fourth-order valence-electron chi connectivity index (χ4n) is 1.89. The third kappa shape index (κ3) is 1.80. The maximum absolute atomic E-state index is 5.56. The van der Waals surface area contributed by atoms with Crippen molar-refractivity contribution in [3.63, 3.8) is 0 Å². The Kier molecular flexibility index (Phi) is 2.36. The first kappa shape index (κ1) is 9.78. The first-order valence-electron chi connectivity index (χ1n) is 5.45. The molecule has 0 saturated carbocycles. The third-order valence-corrected chi connectivity index (χ3v) is 2.75. The van der Waals surface area contributed by atoms with Crippen molar-refractivity contribution in [2.45, 2.75) is 12.5 Å². The molecular weight excluding hydrogens is 208 g/mol. The molecule has 4 heteroatoms. The Labute approximate surface area is 94.1 Å². The van der Waals surface area contributed by atoms with E-state index >= 15 is 0 Å². The SMILES string of the molecule is COc1cc(CC2CO2)cc2c1OCCO2. The standard InChI is InChI=1S/C12H14O4/c1-13-10-5-8(4-9-7-16-9)6-11-12(10)15-3-2-14-11/h5-6,9H,2-4,7H2,1H3. The van der Waals surface area contributed by atoms with Crippen LogP contribution in [0.15, 0.2) is 12.1 Å². The van der Waals surface area contributed by atoms with E-state index in [0.717, 1.165) is 24.5 Å². The van der Waals surface area contributed by atoms with Crippen molar-refractivity contribution < 1.29 is 18.9 Å². The number of fused-ring (bicyclic) bond motifs is 1. The van der Waals surface area contributed by atoms with E-state index in [1.165, 1.54) is 5.56 Å². The number of methoxy groups -OCH3 is 1. The molecule has 0 spiro atoms. The van der Waals surface area contributed by atoms with Gasteiger partial charge in [-0.15, -0.1) is 0 Å².